The number of carbonyl (C=O) groups is 3. The molecule has 1 aromatic rings. The van der Waals surface area contributed by atoms with Crippen LogP contribution in [-0.2, 0) is 9.59 Å². The van der Waals surface area contributed by atoms with Crippen molar-refractivity contribution in [2.45, 2.75) is 36.1 Å². The van der Waals surface area contributed by atoms with Gasteiger partial charge >= 0.3 is 6.03 Å². The van der Waals surface area contributed by atoms with Crippen LogP contribution in [0.4, 0.5) is 10.5 Å². The van der Waals surface area contributed by atoms with Gasteiger partial charge in [-0.25, -0.2) is 4.79 Å². The molecule has 1 aromatic carbocycles. The molecule has 1 aliphatic heterocycles. The van der Waals surface area contributed by atoms with Gasteiger partial charge in [0.25, 0.3) is 5.91 Å². The van der Waals surface area contributed by atoms with Crippen molar-refractivity contribution in [2.75, 3.05) is 17.6 Å². The molecule has 0 aromatic heterocycles. The van der Waals surface area contributed by atoms with Gasteiger partial charge in [0.1, 0.15) is 12.1 Å². The van der Waals surface area contributed by atoms with Gasteiger partial charge in [-0.3, -0.25) is 14.5 Å². The molecule has 1 spiro atoms. The van der Waals surface area contributed by atoms with Crippen LogP contribution < -0.4 is 10.6 Å². The molecule has 2 aliphatic rings. The number of imide groups is 1. The normalized spacial score (nSPS) is 18.5. The Labute approximate surface area is 151 Å². The van der Waals surface area contributed by atoms with E-state index in [0.717, 1.165) is 28.4 Å². The first kappa shape index (κ1) is 17.5. The van der Waals surface area contributed by atoms with Crippen molar-refractivity contribution in [2.24, 2.45) is 0 Å². The van der Waals surface area contributed by atoms with E-state index in [9.17, 15) is 14.4 Å². The molecule has 6 nitrogen and oxygen atoms in total. The molecule has 3 rings (SSSR count). The SMILES string of the molecule is C=CCSc1ccccc1NC(=O)CN1C(=O)NC2(CCCC2)C1=O. The van der Waals surface area contributed by atoms with Gasteiger partial charge < -0.3 is 10.6 Å². The second kappa shape index (κ2) is 7.31. The predicted octanol–water partition coefficient (Wildman–Crippen LogP) is 2.77. The van der Waals surface area contributed by atoms with Gasteiger partial charge in [-0.2, -0.15) is 0 Å². The minimum absolute atomic E-state index is 0.271. The maximum atomic E-state index is 12.6. The van der Waals surface area contributed by atoms with Gasteiger partial charge in [0, 0.05) is 10.6 Å². The van der Waals surface area contributed by atoms with E-state index >= 15 is 0 Å². The molecular weight excluding hydrogens is 338 g/mol. The molecule has 132 valence electrons. The number of rotatable bonds is 6. The predicted molar refractivity (Wildman–Crippen MR) is 97.4 cm³/mol. The monoisotopic (exact) mass is 359 g/mol. The maximum Gasteiger partial charge on any atom is 0.325 e. The van der Waals surface area contributed by atoms with Gasteiger partial charge in [-0.15, -0.1) is 18.3 Å². The zero-order valence-corrected chi connectivity index (χ0v) is 14.7. The molecule has 0 unspecified atom stereocenters. The van der Waals surface area contributed by atoms with E-state index in [1.165, 1.54) is 0 Å². The number of nitrogens with one attached hydrogen (secondary N) is 2. The summed E-state index contributed by atoms with van der Waals surface area (Å²) in [5.74, 6) is 0.0623. The zero-order valence-electron chi connectivity index (χ0n) is 13.9. The van der Waals surface area contributed by atoms with Crippen molar-refractivity contribution in [3.8, 4) is 0 Å². The summed E-state index contributed by atoms with van der Waals surface area (Å²) < 4.78 is 0. The van der Waals surface area contributed by atoms with E-state index in [-0.39, 0.29) is 18.4 Å². The number of nitrogens with zero attached hydrogens (tertiary/aromatic N) is 1. The summed E-state index contributed by atoms with van der Waals surface area (Å²) in [6, 6.07) is 6.95. The van der Waals surface area contributed by atoms with Gasteiger partial charge in [0.05, 0.1) is 5.69 Å². The fourth-order valence-electron chi connectivity index (χ4n) is 3.32. The number of hydrogen-bond donors (Lipinski definition) is 2. The highest BCUT2D eigenvalue weighted by Gasteiger charge is 2.52. The highest BCUT2D eigenvalue weighted by atomic mass is 32.2. The number of hydrogen-bond acceptors (Lipinski definition) is 4. The third-order valence-corrected chi connectivity index (χ3v) is 5.59. The van der Waals surface area contributed by atoms with E-state index in [4.69, 9.17) is 0 Å². The van der Waals surface area contributed by atoms with Crippen LogP contribution in [0.2, 0.25) is 0 Å². The van der Waals surface area contributed by atoms with Crippen LogP contribution in [0.3, 0.4) is 0 Å². The Morgan fingerprint density at radius 2 is 2.04 bits per heavy atom. The van der Waals surface area contributed by atoms with E-state index in [1.807, 2.05) is 18.2 Å². The van der Waals surface area contributed by atoms with Gasteiger partial charge in [-0.1, -0.05) is 31.1 Å². The van der Waals surface area contributed by atoms with Crippen molar-refractivity contribution in [1.29, 1.82) is 0 Å². The van der Waals surface area contributed by atoms with Crippen molar-refractivity contribution >= 4 is 35.3 Å². The lowest BCUT2D eigenvalue weighted by atomic mass is 9.98. The van der Waals surface area contributed by atoms with Crippen molar-refractivity contribution < 1.29 is 14.4 Å². The molecule has 7 heteroatoms. The lowest BCUT2D eigenvalue weighted by molar-refractivity contribution is -0.133. The molecule has 2 fully saturated rings. The molecule has 4 amide bonds. The molecule has 2 N–H and O–H groups in total. The lowest BCUT2D eigenvalue weighted by Gasteiger charge is -2.20. The topological polar surface area (TPSA) is 78.5 Å². The van der Waals surface area contributed by atoms with Gasteiger partial charge in [0.15, 0.2) is 0 Å². The summed E-state index contributed by atoms with van der Waals surface area (Å²) >= 11 is 1.56. The average molecular weight is 359 g/mol. The highest BCUT2D eigenvalue weighted by molar-refractivity contribution is 7.99. The summed E-state index contributed by atoms with van der Waals surface area (Å²) in [5, 5.41) is 5.58. The summed E-state index contributed by atoms with van der Waals surface area (Å²) in [4.78, 5) is 39.0. The Bertz CT molecular complexity index is 713. The standard InChI is InChI=1S/C18H21N3O3S/c1-2-11-25-14-8-4-3-7-13(14)19-15(22)12-21-16(23)18(20-17(21)24)9-5-6-10-18/h2-4,7-8H,1,5-6,9-12H2,(H,19,22)(H,20,24). The molecule has 0 bridgehead atoms. The maximum absolute atomic E-state index is 12.6. The summed E-state index contributed by atoms with van der Waals surface area (Å²) in [6.45, 7) is 3.42. The second-order valence-electron chi connectivity index (χ2n) is 6.25. The van der Waals surface area contributed by atoms with E-state index < -0.39 is 11.6 Å². The van der Waals surface area contributed by atoms with Crippen LogP contribution in [0.5, 0.6) is 0 Å². The molecule has 1 saturated heterocycles. The minimum atomic E-state index is -0.783. The van der Waals surface area contributed by atoms with Gasteiger partial charge in [0.2, 0.25) is 5.91 Å². The number of urea groups is 1. The largest absolute Gasteiger partial charge is 0.325 e. The number of thioether (sulfide) groups is 1. The van der Waals surface area contributed by atoms with Crippen molar-refractivity contribution in [3.63, 3.8) is 0 Å². The number of carbonyl (C=O) groups excluding carboxylic acids is 3. The summed E-state index contributed by atoms with van der Waals surface area (Å²) in [7, 11) is 0. The smallest absolute Gasteiger partial charge is 0.324 e. The first-order valence-corrected chi connectivity index (χ1v) is 9.31. The number of amides is 4. The Kier molecular flexibility index (Phi) is 5.13. The third kappa shape index (κ3) is 3.56. The molecule has 1 heterocycles. The molecule has 0 radical (unpaired) electrons. The van der Waals surface area contributed by atoms with E-state index in [0.29, 0.717) is 18.5 Å². The lowest BCUT2D eigenvalue weighted by Crippen LogP contribution is -2.44. The van der Waals surface area contributed by atoms with Crippen LogP contribution in [0.25, 0.3) is 0 Å². The molecule has 1 aliphatic carbocycles. The Hall–Kier alpha value is -2.28. The fourth-order valence-corrected chi connectivity index (χ4v) is 4.06. The summed E-state index contributed by atoms with van der Waals surface area (Å²) in [5.41, 5.74) is -0.114. The van der Waals surface area contributed by atoms with Crippen LogP contribution in [-0.4, -0.2) is 40.6 Å². The molecule has 0 atom stereocenters. The highest BCUT2D eigenvalue weighted by Crippen LogP contribution is 2.35. The Morgan fingerprint density at radius 3 is 2.76 bits per heavy atom. The summed E-state index contributed by atoms with van der Waals surface area (Å²) in [6.07, 6.45) is 4.92. The van der Waals surface area contributed by atoms with Crippen LogP contribution in [0.1, 0.15) is 25.7 Å². The first-order valence-electron chi connectivity index (χ1n) is 8.32. The van der Waals surface area contributed by atoms with E-state index in [2.05, 4.69) is 17.2 Å². The third-order valence-electron chi connectivity index (χ3n) is 4.52. The van der Waals surface area contributed by atoms with Gasteiger partial charge in [-0.05, 0) is 25.0 Å². The van der Waals surface area contributed by atoms with Crippen LogP contribution in [0, 0.1) is 0 Å². The zero-order chi connectivity index (χ0) is 17.9. The first-order chi connectivity index (χ1) is 12.1. The molecular formula is C18H21N3O3S. The van der Waals surface area contributed by atoms with Crippen LogP contribution in [0.15, 0.2) is 41.8 Å². The van der Waals surface area contributed by atoms with Crippen molar-refractivity contribution in [1.82, 2.24) is 10.2 Å². The minimum Gasteiger partial charge on any atom is -0.324 e. The average Bonchev–Trinajstić information content (AvgIpc) is 3.15. The molecule has 25 heavy (non-hydrogen) atoms. The molecule has 1 saturated carbocycles. The Balaban J connectivity index is 1.66. The van der Waals surface area contributed by atoms with E-state index in [1.54, 1.807) is 23.9 Å². The van der Waals surface area contributed by atoms with Crippen molar-refractivity contribution in [3.05, 3.63) is 36.9 Å². The number of benzene rings is 1. The fraction of sp³-hybridized carbons (Fsp3) is 0.389. The quantitative estimate of drug-likeness (QED) is 0.465. The number of para-hydroxylation sites is 1. The Morgan fingerprint density at radius 1 is 1.32 bits per heavy atom. The second-order valence-corrected chi connectivity index (χ2v) is 7.32. The number of anilines is 1. The van der Waals surface area contributed by atoms with Crippen LogP contribution >= 0.6 is 11.8 Å².